The lowest BCUT2D eigenvalue weighted by atomic mass is 10.1. The molecule has 3 aromatic rings. The molecule has 2 aromatic carbocycles. The standard InChI is InChI=1S/C20H20ClN3O4/c1-3-5-17-22-20(24-28-17)14-7-4-6-13(10-14)11-27-23-12(2)15-8-9-16(25)19(26)18(15)21/h4,6-10,25-26H,3,5,11H2,1-2H3. The van der Waals surface area contributed by atoms with Crippen LogP contribution in [0.25, 0.3) is 11.4 Å². The third-order valence-corrected chi connectivity index (χ3v) is 4.42. The fourth-order valence-corrected chi connectivity index (χ4v) is 2.87. The second kappa shape index (κ2) is 8.75. The number of benzene rings is 2. The van der Waals surface area contributed by atoms with Crippen molar-refractivity contribution in [2.45, 2.75) is 33.3 Å². The van der Waals surface area contributed by atoms with Crippen molar-refractivity contribution in [3.05, 3.63) is 58.4 Å². The second-order valence-corrected chi connectivity index (χ2v) is 6.59. The molecule has 0 atom stereocenters. The minimum atomic E-state index is -0.385. The van der Waals surface area contributed by atoms with Gasteiger partial charge in [-0.2, -0.15) is 4.98 Å². The first-order valence-electron chi connectivity index (χ1n) is 8.78. The number of aromatic hydroxyl groups is 2. The van der Waals surface area contributed by atoms with Gasteiger partial charge in [0.1, 0.15) is 6.61 Å². The van der Waals surface area contributed by atoms with Crippen LogP contribution in [-0.4, -0.2) is 26.1 Å². The highest BCUT2D eigenvalue weighted by atomic mass is 35.5. The van der Waals surface area contributed by atoms with Gasteiger partial charge in [0.2, 0.25) is 11.7 Å². The van der Waals surface area contributed by atoms with Crippen molar-refractivity contribution in [1.29, 1.82) is 0 Å². The Balaban J connectivity index is 1.69. The van der Waals surface area contributed by atoms with Crippen LogP contribution >= 0.6 is 11.6 Å². The number of oxime groups is 1. The van der Waals surface area contributed by atoms with Gasteiger partial charge in [0.25, 0.3) is 0 Å². The summed E-state index contributed by atoms with van der Waals surface area (Å²) < 4.78 is 5.23. The Morgan fingerprint density at radius 1 is 1.25 bits per heavy atom. The Morgan fingerprint density at radius 3 is 2.86 bits per heavy atom. The summed E-state index contributed by atoms with van der Waals surface area (Å²) in [4.78, 5) is 9.80. The SMILES string of the molecule is CCCc1nc(-c2cccc(CON=C(C)c3ccc(O)c(O)c3Cl)c2)no1. The Hall–Kier alpha value is -3.06. The first-order valence-corrected chi connectivity index (χ1v) is 9.16. The van der Waals surface area contributed by atoms with Gasteiger partial charge in [0.05, 0.1) is 10.7 Å². The minimum Gasteiger partial charge on any atom is -0.504 e. The Morgan fingerprint density at radius 2 is 2.07 bits per heavy atom. The van der Waals surface area contributed by atoms with Gasteiger partial charge >= 0.3 is 0 Å². The topological polar surface area (TPSA) is 101 Å². The van der Waals surface area contributed by atoms with E-state index in [4.69, 9.17) is 21.0 Å². The van der Waals surface area contributed by atoms with E-state index in [0.29, 0.717) is 23.0 Å². The van der Waals surface area contributed by atoms with Gasteiger partial charge in [0, 0.05) is 17.5 Å². The molecule has 1 aromatic heterocycles. The lowest BCUT2D eigenvalue weighted by molar-refractivity contribution is 0.130. The molecule has 0 unspecified atom stereocenters. The fraction of sp³-hybridized carbons (Fsp3) is 0.250. The molecule has 8 heteroatoms. The van der Waals surface area contributed by atoms with Gasteiger partial charge in [-0.05, 0) is 37.1 Å². The van der Waals surface area contributed by atoms with Crippen molar-refractivity contribution < 1.29 is 19.6 Å². The number of hydrogen-bond donors (Lipinski definition) is 2. The first-order chi connectivity index (χ1) is 13.5. The minimum absolute atomic E-state index is 0.0202. The molecule has 0 fully saturated rings. The summed E-state index contributed by atoms with van der Waals surface area (Å²) in [6.45, 7) is 3.98. The maximum absolute atomic E-state index is 9.72. The molecule has 0 radical (unpaired) electrons. The van der Waals surface area contributed by atoms with Crippen LogP contribution in [0.2, 0.25) is 5.02 Å². The fourth-order valence-electron chi connectivity index (χ4n) is 2.57. The Bertz CT molecular complexity index is 1000. The molecule has 0 saturated heterocycles. The molecular formula is C20H20ClN3O4. The van der Waals surface area contributed by atoms with E-state index in [1.807, 2.05) is 24.3 Å². The van der Waals surface area contributed by atoms with Crippen LogP contribution in [0.4, 0.5) is 0 Å². The maximum Gasteiger partial charge on any atom is 0.226 e. The van der Waals surface area contributed by atoms with Crippen LogP contribution in [0.5, 0.6) is 11.5 Å². The van der Waals surface area contributed by atoms with Crippen LogP contribution in [-0.2, 0) is 17.9 Å². The third kappa shape index (κ3) is 4.43. The van der Waals surface area contributed by atoms with E-state index in [9.17, 15) is 10.2 Å². The number of nitrogens with zero attached hydrogens (tertiary/aromatic N) is 3. The molecule has 0 saturated carbocycles. The van der Waals surface area contributed by atoms with Gasteiger partial charge in [-0.3, -0.25) is 0 Å². The van der Waals surface area contributed by atoms with Gasteiger partial charge in [0.15, 0.2) is 11.5 Å². The maximum atomic E-state index is 9.72. The number of rotatable bonds is 7. The summed E-state index contributed by atoms with van der Waals surface area (Å²) in [5, 5.41) is 27.2. The average Bonchev–Trinajstić information content (AvgIpc) is 3.15. The van der Waals surface area contributed by atoms with E-state index < -0.39 is 0 Å². The van der Waals surface area contributed by atoms with E-state index in [2.05, 4.69) is 22.2 Å². The molecule has 0 amide bonds. The number of phenols is 2. The quantitative estimate of drug-likeness (QED) is 0.338. The number of phenolic OH excluding ortho intramolecular Hbond substituents is 2. The normalized spacial score (nSPS) is 11.6. The van der Waals surface area contributed by atoms with Gasteiger partial charge in [-0.1, -0.05) is 47.0 Å². The van der Waals surface area contributed by atoms with E-state index >= 15 is 0 Å². The van der Waals surface area contributed by atoms with E-state index in [1.54, 1.807) is 13.0 Å². The molecule has 7 nitrogen and oxygen atoms in total. The molecule has 0 aliphatic rings. The number of aromatic nitrogens is 2. The van der Waals surface area contributed by atoms with Gasteiger partial charge < -0.3 is 19.6 Å². The Labute approximate surface area is 167 Å². The molecule has 0 bridgehead atoms. The number of halogens is 1. The second-order valence-electron chi connectivity index (χ2n) is 6.21. The number of hydrogen-bond acceptors (Lipinski definition) is 7. The summed E-state index contributed by atoms with van der Waals surface area (Å²) in [6, 6.07) is 10.5. The highest BCUT2D eigenvalue weighted by molar-refractivity contribution is 6.35. The predicted octanol–water partition coefficient (Wildman–Crippen LogP) is 4.69. The molecule has 0 aliphatic heterocycles. The zero-order valence-electron chi connectivity index (χ0n) is 15.5. The third-order valence-electron chi connectivity index (χ3n) is 4.03. The smallest absolute Gasteiger partial charge is 0.226 e. The lowest BCUT2D eigenvalue weighted by Gasteiger charge is -2.07. The van der Waals surface area contributed by atoms with Gasteiger partial charge in [-0.15, -0.1) is 0 Å². The summed E-state index contributed by atoms with van der Waals surface area (Å²) in [5.41, 5.74) is 2.66. The summed E-state index contributed by atoms with van der Waals surface area (Å²) in [7, 11) is 0. The van der Waals surface area contributed by atoms with Gasteiger partial charge in [-0.25, -0.2) is 0 Å². The van der Waals surface area contributed by atoms with E-state index in [-0.39, 0.29) is 23.1 Å². The zero-order chi connectivity index (χ0) is 20.1. The molecule has 0 spiro atoms. The molecule has 2 N–H and O–H groups in total. The number of aryl methyl sites for hydroxylation is 1. The van der Waals surface area contributed by atoms with Crippen LogP contribution in [0.3, 0.4) is 0 Å². The monoisotopic (exact) mass is 401 g/mol. The summed E-state index contributed by atoms with van der Waals surface area (Å²) >= 11 is 6.03. The van der Waals surface area contributed by atoms with Crippen LogP contribution in [0.15, 0.2) is 46.1 Å². The van der Waals surface area contributed by atoms with Crippen molar-refractivity contribution in [3.63, 3.8) is 0 Å². The van der Waals surface area contributed by atoms with Crippen molar-refractivity contribution in [2.75, 3.05) is 0 Å². The van der Waals surface area contributed by atoms with Crippen LogP contribution in [0.1, 0.15) is 37.3 Å². The molecular weight excluding hydrogens is 382 g/mol. The predicted molar refractivity (Wildman–Crippen MR) is 106 cm³/mol. The average molecular weight is 402 g/mol. The molecule has 0 aliphatic carbocycles. The lowest BCUT2D eigenvalue weighted by Crippen LogP contribution is -1.98. The summed E-state index contributed by atoms with van der Waals surface area (Å²) in [5.74, 6) is 0.483. The zero-order valence-corrected chi connectivity index (χ0v) is 16.3. The highest BCUT2D eigenvalue weighted by Crippen LogP contribution is 2.35. The molecule has 3 rings (SSSR count). The Kier molecular flexibility index (Phi) is 6.16. The highest BCUT2D eigenvalue weighted by Gasteiger charge is 2.13. The molecule has 28 heavy (non-hydrogen) atoms. The van der Waals surface area contributed by atoms with Crippen LogP contribution in [0, 0.1) is 0 Å². The molecule has 1 heterocycles. The molecule has 146 valence electrons. The van der Waals surface area contributed by atoms with Crippen molar-refractivity contribution in [1.82, 2.24) is 10.1 Å². The largest absolute Gasteiger partial charge is 0.504 e. The van der Waals surface area contributed by atoms with E-state index in [0.717, 1.165) is 24.0 Å². The summed E-state index contributed by atoms with van der Waals surface area (Å²) in [6.07, 6.45) is 1.69. The van der Waals surface area contributed by atoms with E-state index in [1.165, 1.54) is 6.07 Å². The van der Waals surface area contributed by atoms with Crippen molar-refractivity contribution in [2.24, 2.45) is 5.16 Å². The van der Waals surface area contributed by atoms with Crippen molar-refractivity contribution >= 4 is 17.3 Å². The van der Waals surface area contributed by atoms with Crippen LogP contribution < -0.4 is 0 Å². The van der Waals surface area contributed by atoms with Crippen molar-refractivity contribution in [3.8, 4) is 22.9 Å². The first kappa shape index (κ1) is 19.7.